The van der Waals surface area contributed by atoms with Crippen LogP contribution in [0.4, 0.5) is 0 Å². The molecule has 142 valence electrons. The molecule has 0 bridgehead atoms. The van der Waals surface area contributed by atoms with Crippen molar-refractivity contribution < 1.29 is 9.90 Å². The highest BCUT2D eigenvalue weighted by atomic mass is 16.4. The number of likely N-dealkylation sites (N-methyl/N-ethyl adjacent to an activating group) is 1. The Morgan fingerprint density at radius 3 is 2.46 bits per heavy atom. The molecule has 3 heteroatoms. The number of aliphatic carboxylic acids is 1. The Bertz CT molecular complexity index is 704. The summed E-state index contributed by atoms with van der Waals surface area (Å²) in [5.41, 5.74) is 5.69. The van der Waals surface area contributed by atoms with Gasteiger partial charge in [0.1, 0.15) is 0 Å². The Kier molecular flexibility index (Phi) is 7.88. The van der Waals surface area contributed by atoms with Crippen LogP contribution in [0.1, 0.15) is 53.9 Å². The first kappa shape index (κ1) is 21.8. The number of rotatable bonds is 7. The predicted octanol–water partition coefficient (Wildman–Crippen LogP) is 5.80. The van der Waals surface area contributed by atoms with Gasteiger partial charge >= 0.3 is 5.97 Å². The summed E-state index contributed by atoms with van der Waals surface area (Å²) < 4.78 is 0. The van der Waals surface area contributed by atoms with E-state index >= 15 is 0 Å². The predicted molar refractivity (Wildman–Crippen MR) is 111 cm³/mol. The SMILES string of the molecule is C=C(C)N(C)[C@]1(C)CCCC(C)=C1/C=C/C(C)=C/C=C/C(C)=C/C(=O)O. The van der Waals surface area contributed by atoms with Gasteiger partial charge in [0, 0.05) is 18.8 Å². The van der Waals surface area contributed by atoms with Crippen molar-refractivity contribution in [3.05, 3.63) is 71.0 Å². The fourth-order valence-electron chi connectivity index (χ4n) is 3.38. The smallest absolute Gasteiger partial charge is 0.328 e. The van der Waals surface area contributed by atoms with E-state index in [-0.39, 0.29) is 5.54 Å². The Labute approximate surface area is 158 Å². The average molecular weight is 356 g/mol. The topological polar surface area (TPSA) is 40.5 Å². The maximum atomic E-state index is 10.6. The number of carbonyl (C=O) groups is 1. The van der Waals surface area contributed by atoms with Crippen LogP contribution in [0, 0.1) is 0 Å². The summed E-state index contributed by atoms with van der Waals surface area (Å²) in [5, 5.41) is 8.73. The molecule has 0 radical (unpaired) electrons. The lowest BCUT2D eigenvalue weighted by atomic mass is 9.76. The molecular formula is C23H33NO2. The van der Waals surface area contributed by atoms with Crippen LogP contribution < -0.4 is 0 Å². The molecule has 26 heavy (non-hydrogen) atoms. The van der Waals surface area contributed by atoms with Crippen LogP contribution in [0.5, 0.6) is 0 Å². The minimum absolute atomic E-state index is 0.0262. The molecule has 0 amide bonds. The van der Waals surface area contributed by atoms with E-state index in [0.717, 1.165) is 24.1 Å². The number of hydrogen-bond acceptors (Lipinski definition) is 2. The van der Waals surface area contributed by atoms with Gasteiger partial charge in [-0.1, -0.05) is 48.1 Å². The zero-order valence-corrected chi connectivity index (χ0v) is 17.1. The van der Waals surface area contributed by atoms with E-state index in [4.69, 9.17) is 5.11 Å². The lowest BCUT2D eigenvalue weighted by molar-refractivity contribution is -0.131. The van der Waals surface area contributed by atoms with E-state index in [1.54, 1.807) is 13.0 Å². The first-order valence-electron chi connectivity index (χ1n) is 9.11. The molecule has 1 N–H and O–H groups in total. The summed E-state index contributed by atoms with van der Waals surface area (Å²) in [6.07, 6.45) is 14.7. The summed E-state index contributed by atoms with van der Waals surface area (Å²) in [4.78, 5) is 12.9. The first-order chi connectivity index (χ1) is 12.1. The number of nitrogens with zero attached hydrogens (tertiary/aromatic N) is 1. The number of allylic oxidation sites excluding steroid dienone is 8. The van der Waals surface area contributed by atoms with Crippen LogP contribution in [0.25, 0.3) is 0 Å². The number of carboxylic acid groups (broad SMARTS) is 1. The van der Waals surface area contributed by atoms with Gasteiger partial charge in [-0.3, -0.25) is 0 Å². The van der Waals surface area contributed by atoms with Gasteiger partial charge in [-0.25, -0.2) is 4.79 Å². The maximum Gasteiger partial charge on any atom is 0.328 e. The second-order valence-electron chi connectivity index (χ2n) is 7.45. The Morgan fingerprint density at radius 1 is 1.23 bits per heavy atom. The quantitative estimate of drug-likeness (QED) is 0.463. The maximum absolute atomic E-state index is 10.6. The van der Waals surface area contributed by atoms with Gasteiger partial charge in [0.2, 0.25) is 0 Å². The molecule has 0 unspecified atom stereocenters. The molecule has 3 nitrogen and oxygen atoms in total. The molecule has 0 heterocycles. The summed E-state index contributed by atoms with van der Waals surface area (Å²) >= 11 is 0. The normalized spacial score (nSPS) is 22.4. The summed E-state index contributed by atoms with van der Waals surface area (Å²) in [5.74, 6) is -0.923. The first-order valence-corrected chi connectivity index (χ1v) is 9.11. The van der Waals surface area contributed by atoms with Crippen LogP contribution in [0.2, 0.25) is 0 Å². The minimum atomic E-state index is -0.923. The van der Waals surface area contributed by atoms with E-state index in [1.807, 2.05) is 12.2 Å². The molecule has 0 saturated carbocycles. The van der Waals surface area contributed by atoms with Crippen molar-refractivity contribution in [1.29, 1.82) is 0 Å². The van der Waals surface area contributed by atoms with Crippen molar-refractivity contribution in [1.82, 2.24) is 4.90 Å². The summed E-state index contributed by atoms with van der Waals surface area (Å²) in [6.45, 7) is 14.5. The molecule has 0 aliphatic heterocycles. The number of carboxylic acids is 1. The van der Waals surface area contributed by atoms with E-state index in [0.29, 0.717) is 5.57 Å². The van der Waals surface area contributed by atoms with Crippen LogP contribution >= 0.6 is 0 Å². The lowest BCUT2D eigenvalue weighted by Gasteiger charge is -2.45. The molecule has 0 spiro atoms. The molecule has 0 fully saturated rings. The minimum Gasteiger partial charge on any atom is -0.478 e. The molecule has 1 aliphatic carbocycles. The van der Waals surface area contributed by atoms with Crippen molar-refractivity contribution in [2.45, 2.75) is 59.4 Å². The van der Waals surface area contributed by atoms with Gasteiger partial charge in [0.15, 0.2) is 0 Å². The largest absolute Gasteiger partial charge is 0.478 e. The second kappa shape index (κ2) is 9.42. The van der Waals surface area contributed by atoms with Crippen molar-refractivity contribution in [2.24, 2.45) is 0 Å². The third-order valence-corrected chi connectivity index (χ3v) is 5.15. The van der Waals surface area contributed by atoms with Gasteiger partial charge in [-0.05, 0) is 65.0 Å². The Balaban J connectivity index is 3.02. The van der Waals surface area contributed by atoms with Gasteiger partial charge in [-0.2, -0.15) is 0 Å². The van der Waals surface area contributed by atoms with E-state index in [9.17, 15) is 4.79 Å². The standard InChI is InChI=1S/C23H33NO2/c1-17(2)24(7)23(6)15-9-12-20(5)21(23)14-13-18(3)10-8-11-19(4)16-22(25)26/h8,10-11,13-14,16H,1,9,12,15H2,2-7H3,(H,25,26)/b11-8+,14-13+,18-10+,19-16+/t23-/m1/s1. The van der Waals surface area contributed by atoms with Gasteiger partial charge in [-0.15, -0.1) is 0 Å². The van der Waals surface area contributed by atoms with Crippen LogP contribution in [-0.2, 0) is 4.79 Å². The highest BCUT2D eigenvalue weighted by molar-refractivity contribution is 5.81. The monoisotopic (exact) mass is 355 g/mol. The van der Waals surface area contributed by atoms with E-state index in [2.05, 4.69) is 58.4 Å². The highest BCUT2D eigenvalue weighted by Crippen LogP contribution is 2.39. The third-order valence-electron chi connectivity index (χ3n) is 5.15. The zero-order chi connectivity index (χ0) is 19.9. The van der Waals surface area contributed by atoms with Crippen LogP contribution in [0.15, 0.2) is 71.0 Å². The lowest BCUT2D eigenvalue weighted by Crippen LogP contribution is -2.45. The molecule has 1 aliphatic rings. The van der Waals surface area contributed by atoms with Crippen molar-refractivity contribution in [2.75, 3.05) is 7.05 Å². The van der Waals surface area contributed by atoms with Crippen molar-refractivity contribution in [3.8, 4) is 0 Å². The molecule has 0 saturated heterocycles. The summed E-state index contributed by atoms with van der Waals surface area (Å²) in [6, 6.07) is 0. The fourth-order valence-corrected chi connectivity index (χ4v) is 3.38. The molecule has 1 rings (SSSR count). The van der Waals surface area contributed by atoms with Crippen LogP contribution in [0.3, 0.4) is 0 Å². The zero-order valence-electron chi connectivity index (χ0n) is 17.1. The highest BCUT2D eigenvalue weighted by Gasteiger charge is 2.35. The van der Waals surface area contributed by atoms with Crippen LogP contribution in [-0.4, -0.2) is 28.6 Å². The van der Waals surface area contributed by atoms with Gasteiger partial charge in [0.05, 0.1) is 5.54 Å². The van der Waals surface area contributed by atoms with Crippen molar-refractivity contribution in [3.63, 3.8) is 0 Å². The number of hydrogen-bond donors (Lipinski definition) is 1. The van der Waals surface area contributed by atoms with Gasteiger partial charge < -0.3 is 10.0 Å². The molecule has 1 atom stereocenters. The van der Waals surface area contributed by atoms with Crippen molar-refractivity contribution >= 4 is 5.97 Å². The molecular weight excluding hydrogens is 322 g/mol. The Morgan fingerprint density at radius 2 is 1.88 bits per heavy atom. The third kappa shape index (κ3) is 5.91. The van der Waals surface area contributed by atoms with Gasteiger partial charge in [0.25, 0.3) is 0 Å². The van der Waals surface area contributed by atoms with E-state index < -0.39 is 5.97 Å². The fraction of sp³-hybridized carbons (Fsp3) is 0.435. The average Bonchev–Trinajstić information content (AvgIpc) is 2.52. The molecule has 0 aromatic carbocycles. The van der Waals surface area contributed by atoms with E-state index in [1.165, 1.54) is 23.6 Å². The second-order valence-corrected chi connectivity index (χ2v) is 7.45. The summed E-state index contributed by atoms with van der Waals surface area (Å²) in [7, 11) is 2.12. The molecule has 0 aromatic rings. The Hall–Kier alpha value is -2.29. The molecule has 0 aromatic heterocycles.